The third-order valence-electron chi connectivity index (χ3n) is 5.45. The smallest absolute Gasteiger partial charge is 0.366 e. The van der Waals surface area contributed by atoms with E-state index in [2.05, 4.69) is 4.74 Å². The van der Waals surface area contributed by atoms with Gasteiger partial charge in [-0.15, -0.1) is 0 Å². The number of nitrogens with zero attached hydrogens (tertiary/aromatic N) is 1. The highest BCUT2D eigenvalue weighted by Gasteiger charge is 2.62. The molecular formula is C25H24FNO5. The molecule has 1 fully saturated rings. The number of carbonyl (C=O) groups is 2. The second-order valence-corrected chi connectivity index (χ2v) is 7.99. The molecule has 1 aliphatic carbocycles. The minimum atomic E-state index is -1.15. The molecule has 0 bridgehead atoms. The maximum absolute atomic E-state index is 14.0. The largest absolute Gasteiger partial charge is 0.461 e. The Balaban J connectivity index is 1.70. The molecular weight excluding hydrogens is 413 g/mol. The van der Waals surface area contributed by atoms with Crippen LogP contribution in [0.1, 0.15) is 32.4 Å². The Labute approximate surface area is 186 Å². The lowest BCUT2D eigenvalue weighted by Gasteiger charge is -2.13. The van der Waals surface area contributed by atoms with Crippen LogP contribution in [-0.2, 0) is 19.1 Å². The van der Waals surface area contributed by atoms with Crippen molar-refractivity contribution in [3.8, 4) is 17.6 Å². The Kier molecular flexibility index (Phi) is 6.94. The molecule has 0 aliphatic heterocycles. The summed E-state index contributed by atoms with van der Waals surface area (Å²) in [4.78, 5) is 24.3. The molecule has 0 N–H and O–H groups in total. The zero-order valence-electron chi connectivity index (χ0n) is 18.1. The van der Waals surface area contributed by atoms with Gasteiger partial charge in [-0.1, -0.05) is 44.2 Å². The van der Waals surface area contributed by atoms with Crippen molar-refractivity contribution in [1.82, 2.24) is 0 Å². The molecule has 0 aromatic heterocycles. The van der Waals surface area contributed by atoms with Gasteiger partial charge in [0, 0.05) is 5.56 Å². The van der Waals surface area contributed by atoms with Crippen LogP contribution in [0.25, 0.3) is 0 Å². The van der Waals surface area contributed by atoms with Crippen LogP contribution in [0.5, 0.6) is 11.5 Å². The van der Waals surface area contributed by atoms with Gasteiger partial charge in [0.1, 0.15) is 17.6 Å². The van der Waals surface area contributed by atoms with Crippen LogP contribution in [0.4, 0.5) is 4.39 Å². The van der Waals surface area contributed by atoms with Crippen molar-refractivity contribution < 1.29 is 28.2 Å². The van der Waals surface area contributed by atoms with Crippen molar-refractivity contribution in [2.24, 2.45) is 17.3 Å². The Hall–Kier alpha value is -3.66. The molecule has 7 heteroatoms. The second kappa shape index (κ2) is 9.65. The van der Waals surface area contributed by atoms with E-state index in [0.717, 1.165) is 6.08 Å². The molecule has 2 aromatic carbocycles. The van der Waals surface area contributed by atoms with Crippen LogP contribution in [0.3, 0.4) is 0 Å². The standard InChI is InChI=1S/C25H24FNO5/c1-4-30-23(28)20(26)14-19-22(25(19,2)3)24(29)32-21(15-27)16-9-8-12-18(13-16)31-17-10-6-5-7-11-17/h5-14,19,21-22H,4H2,1-3H3/b20-14-/t19-,21+,22-/m0/s1. The van der Waals surface area contributed by atoms with Crippen LogP contribution in [-0.4, -0.2) is 18.5 Å². The predicted octanol–water partition coefficient (Wildman–Crippen LogP) is 5.28. The van der Waals surface area contributed by atoms with E-state index < -0.39 is 41.1 Å². The van der Waals surface area contributed by atoms with Gasteiger partial charge in [0.25, 0.3) is 0 Å². The number of hydrogen-bond acceptors (Lipinski definition) is 6. The van der Waals surface area contributed by atoms with Gasteiger partial charge in [-0.3, -0.25) is 4.79 Å². The summed E-state index contributed by atoms with van der Waals surface area (Å²) < 4.78 is 29.9. The summed E-state index contributed by atoms with van der Waals surface area (Å²) in [6, 6.07) is 17.8. The molecule has 2 aromatic rings. The normalized spacial score (nSPS) is 19.9. The maximum Gasteiger partial charge on any atom is 0.366 e. The fourth-order valence-corrected chi connectivity index (χ4v) is 3.59. The molecule has 0 saturated heterocycles. The van der Waals surface area contributed by atoms with Crippen LogP contribution >= 0.6 is 0 Å². The molecule has 0 amide bonds. The van der Waals surface area contributed by atoms with E-state index >= 15 is 0 Å². The van der Waals surface area contributed by atoms with E-state index in [4.69, 9.17) is 9.47 Å². The number of rotatable bonds is 8. The van der Waals surface area contributed by atoms with Crippen LogP contribution < -0.4 is 4.74 Å². The number of para-hydroxylation sites is 1. The van der Waals surface area contributed by atoms with Gasteiger partial charge < -0.3 is 14.2 Å². The highest BCUT2D eigenvalue weighted by Crippen LogP contribution is 2.60. The van der Waals surface area contributed by atoms with Gasteiger partial charge in [0.2, 0.25) is 11.9 Å². The maximum atomic E-state index is 14.0. The summed E-state index contributed by atoms with van der Waals surface area (Å²) >= 11 is 0. The topological polar surface area (TPSA) is 85.6 Å². The predicted molar refractivity (Wildman–Crippen MR) is 114 cm³/mol. The van der Waals surface area contributed by atoms with Crippen LogP contribution in [0.15, 0.2) is 66.5 Å². The van der Waals surface area contributed by atoms with Crippen molar-refractivity contribution in [3.63, 3.8) is 0 Å². The molecule has 0 spiro atoms. The Morgan fingerprint density at radius 2 is 1.84 bits per heavy atom. The Morgan fingerprint density at radius 3 is 2.50 bits per heavy atom. The first kappa shape index (κ1) is 23.0. The zero-order chi connectivity index (χ0) is 23.3. The molecule has 32 heavy (non-hydrogen) atoms. The van der Waals surface area contributed by atoms with Gasteiger partial charge in [0.05, 0.1) is 12.5 Å². The minimum Gasteiger partial charge on any atom is -0.461 e. The highest BCUT2D eigenvalue weighted by atomic mass is 19.1. The highest BCUT2D eigenvalue weighted by molar-refractivity contribution is 5.87. The fourth-order valence-electron chi connectivity index (χ4n) is 3.59. The molecule has 0 heterocycles. The minimum absolute atomic E-state index is 0.0521. The molecule has 0 radical (unpaired) electrons. The van der Waals surface area contributed by atoms with Gasteiger partial charge in [-0.2, -0.15) is 9.65 Å². The van der Waals surface area contributed by atoms with Gasteiger partial charge >= 0.3 is 11.9 Å². The lowest BCUT2D eigenvalue weighted by molar-refractivity contribution is -0.149. The number of allylic oxidation sites excluding steroid dienone is 1. The van der Waals surface area contributed by atoms with Crippen molar-refractivity contribution >= 4 is 11.9 Å². The number of benzene rings is 2. The van der Waals surface area contributed by atoms with Crippen molar-refractivity contribution in [2.75, 3.05) is 6.61 Å². The molecule has 3 rings (SSSR count). The molecule has 0 unspecified atom stereocenters. The molecule has 3 atom stereocenters. The molecule has 166 valence electrons. The van der Waals surface area contributed by atoms with E-state index in [0.29, 0.717) is 17.1 Å². The van der Waals surface area contributed by atoms with Gasteiger partial charge in [-0.25, -0.2) is 4.79 Å². The van der Waals surface area contributed by atoms with Crippen molar-refractivity contribution in [3.05, 3.63) is 72.1 Å². The van der Waals surface area contributed by atoms with E-state index in [1.54, 1.807) is 57.2 Å². The SMILES string of the molecule is CCOC(=O)/C(F)=C/[C@H]1[C@@H](C(=O)O[C@H](C#N)c2cccc(Oc3ccccc3)c2)C1(C)C. The number of carbonyl (C=O) groups excluding carboxylic acids is 2. The first-order valence-electron chi connectivity index (χ1n) is 10.2. The first-order chi connectivity index (χ1) is 15.3. The lowest BCUT2D eigenvalue weighted by Crippen LogP contribution is -2.14. The summed E-state index contributed by atoms with van der Waals surface area (Å²) in [5.41, 5.74) is -0.156. The molecule has 1 saturated carbocycles. The number of halogens is 1. The summed E-state index contributed by atoms with van der Waals surface area (Å²) in [6.07, 6.45) is -0.0580. The number of esters is 2. The average molecular weight is 437 g/mol. The van der Waals surface area contributed by atoms with E-state index in [1.165, 1.54) is 0 Å². The summed E-state index contributed by atoms with van der Waals surface area (Å²) in [6.45, 7) is 5.17. The van der Waals surface area contributed by atoms with Gasteiger partial charge in [-0.05, 0) is 48.6 Å². The lowest BCUT2D eigenvalue weighted by atomic mass is 10.1. The first-order valence-corrected chi connectivity index (χ1v) is 10.2. The zero-order valence-corrected chi connectivity index (χ0v) is 18.1. The Morgan fingerprint density at radius 1 is 1.16 bits per heavy atom. The molecule has 6 nitrogen and oxygen atoms in total. The molecule has 1 aliphatic rings. The fraction of sp³-hybridized carbons (Fsp3) is 0.320. The summed E-state index contributed by atoms with van der Waals surface area (Å²) in [5, 5.41) is 9.58. The van der Waals surface area contributed by atoms with E-state index in [9.17, 15) is 19.2 Å². The number of hydrogen-bond donors (Lipinski definition) is 0. The second-order valence-electron chi connectivity index (χ2n) is 7.99. The Bertz CT molecular complexity index is 1060. The van der Waals surface area contributed by atoms with Crippen LogP contribution in [0.2, 0.25) is 0 Å². The van der Waals surface area contributed by atoms with Crippen molar-refractivity contribution in [2.45, 2.75) is 26.9 Å². The van der Waals surface area contributed by atoms with E-state index in [-0.39, 0.29) is 6.61 Å². The average Bonchev–Trinajstić information content (AvgIpc) is 3.32. The summed E-state index contributed by atoms with van der Waals surface area (Å²) in [5.74, 6) is -2.82. The third-order valence-corrected chi connectivity index (χ3v) is 5.45. The summed E-state index contributed by atoms with van der Waals surface area (Å²) in [7, 11) is 0. The van der Waals surface area contributed by atoms with Crippen LogP contribution in [0, 0.1) is 28.6 Å². The number of nitriles is 1. The third kappa shape index (κ3) is 5.14. The monoisotopic (exact) mass is 437 g/mol. The number of ether oxygens (including phenoxy) is 3. The van der Waals surface area contributed by atoms with Crippen molar-refractivity contribution in [1.29, 1.82) is 5.26 Å². The van der Waals surface area contributed by atoms with Gasteiger partial charge in [0.15, 0.2) is 0 Å². The quantitative estimate of drug-likeness (QED) is 0.413. The van der Waals surface area contributed by atoms with E-state index in [1.807, 2.05) is 24.3 Å².